The van der Waals surface area contributed by atoms with Crippen molar-refractivity contribution in [2.24, 2.45) is 10.1 Å². The largest absolute Gasteiger partial charge is 0.289 e. The lowest BCUT2D eigenvalue weighted by atomic mass is 10.2. The maximum absolute atomic E-state index is 4.55. The molecule has 0 saturated carbocycles. The van der Waals surface area contributed by atoms with E-state index in [9.17, 15) is 0 Å². The fourth-order valence-corrected chi connectivity index (χ4v) is 2.72. The van der Waals surface area contributed by atoms with Crippen molar-refractivity contribution in [2.75, 3.05) is 14.1 Å². The van der Waals surface area contributed by atoms with Crippen molar-refractivity contribution >= 4 is 47.0 Å². The monoisotopic (exact) mass is 369 g/mol. The van der Waals surface area contributed by atoms with Crippen LogP contribution in [0.15, 0.2) is 57.6 Å². The number of nitrogens with zero attached hydrogens (tertiary/aromatic N) is 4. The molecule has 1 aromatic carbocycles. The van der Waals surface area contributed by atoms with Gasteiger partial charge in [-0.05, 0) is 24.3 Å². The summed E-state index contributed by atoms with van der Waals surface area (Å²) in [5.74, 6) is 0. The predicted molar refractivity (Wildman–Crippen MR) is 113 cm³/mol. The zero-order valence-electron chi connectivity index (χ0n) is 15.6. The average Bonchev–Trinajstić information content (AvgIpc) is 2.98. The molecule has 2 aromatic rings. The van der Waals surface area contributed by atoms with Gasteiger partial charge in [-0.1, -0.05) is 25.0 Å². The Morgan fingerprint density at radius 3 is 2.85 bits per heavy atom. The third-order valence-corrected chi connectivity index (χ3v) is 4.05. The van der Waals surface area contributed by atoms with Gasteiger partial charge in [0.25, 0.3) is 6.34 Å². The summed E-state index contributed by atoms with van der Waals surface area (Å²) in [5.41, 5.74) is 6.79. The predicted octanol–water partition coefficient (Wildman–Crippen LogP) is 3.71. The number of nitrogens with one attached hydrogen (secondary N) is 2. The number of aliphatic imine (C=N–C) groups is 1. The number of hydrogen-bond donors (Lipinski definition) is 3. The SMILES string of the molecule is CC.CN=C1C=CC/C(=N\NC=[N+](C)c2cc3[nH]ncc3cc2S)C=C1. The van der Waals surface area contributed by atoms with Crippen LogP contribution in [0.1, 0.15) is 20.3 Å². The van der Waals surface area contributed by atoms with Crippen LogP contribution in [0.3, 0.4) is 0 Å². The van der Waals surface area contributed by atoms with E-state index in [4.69, 9.17) is 0 Å². The van der Waals surface area contributed by atoms with Crippen molar-refractivity contribution in [3.05, 3.63) is 42.6 Å². The van der Waals surface area contributed by atoms with Gasteiger partial charge in [0.2, 0.25) is 0 Å². The molecule has 7 heteroatoms. The Balaban J connectivity index is 0.00000117. The third-order valence-electron chi connectivity index (χ3n) is 3.70. The highest BCUT2D eigenvalue weighted by atomic mass is 32.1. The summed E-state index contributed by atoms with van der Waals surface area (Å²) >= 11 is 4.55. The topological polar surface area (TPSA) is 68.4 Å². The standard InChI is InChI=1S/C17H18N6S.C2H6/c1-18-13-4-3-5-14(7-6-13)21-20-11-23(2)16-9-15-12(8-17(16)24)10-19-22-15;1-2/h3-4,6-11H,5H2,1-2H3,(H2,18,19,21,22,24);1-2H3/p+1. The molecule has 0 amide bonds. The summed E-state index contributed by atoms with van der Waals surface area (Å²) in [6.45, 7) is 4.00. The number of aromatic nitrogens is 2. The fraction of sp³-hybridized carbons (Fsp3) is 0.263. The van der Waals surface area contributed by atoms with Gasteiger partial charge >= 0.3 is 0 Å². The van der Waals surface area contributed by atoms with Gasteiger partial charge in [0.05, 0.1) is 35.1 Å². The number of benzene rings is 1. The Morgan fingerprint density at radius 2 is 2.08 bits per heavy atom. The van der Waals surface area contributed by atoms with Gasteiger partial charge in [0, 0.05) is 24.9 Å². The van der Waals surface area contributed by atoms with Crippen molar-refractivity contribution < 1.29 is 4.58 Å². The van der Waals surface area contributed by atoms with Crippen LogP contribution in [-0.4, -0.2) is 46.6 Å². The minimum atomic E-state index is 0.762. The smallest absolute Gasteiger partial charge is 0.262 e. The number of fused-ring (bicyclic) bond motifs is 1. The molecular formula is C19H25N6S+. The maximum atomic E-state index is 4.55. The molecule has 136 valence electrons. The summed E-state index contributed by atoms with van der Waals surface area (Å²) in [5, 5.41) is 12.4. The second-order valence-electron chi connectivity index (χ2n) is 5.36. The number of aromatic amines is 1. The first-order valence-corrected chi connectivity index (χ1v) is 8.98. The summed E-state index contributed by atoms with van der Waals surface area (Å²) < 4.78 is 1.93. The van der Waals surface area contributed by atoms with E-state index in [0.29, 0.717) is 0 Å². The zero-order chi connectivity index (χ0) is 18.9. The van der Waals surface area contributed by atoms with Crippen LogP contribution in [0, 0.1) is 0 Å². The van der Waals surface area contributed by atoms with Crippen LogP contribution in [0.5, 0.6) is 0 Å². The normalized spacial score (nSPS) is 17.3. The molecule has 1 aliphatic carbocycles. The Hall–Kier alpha value is -2.67. The highest BCUT2D eigenvalue weighted by molar-refractivity contribution is 7.80. The highest BCUT2D eigenvalue weighted by Gasteiger charge is 2.08. The molecule has 0 saturated heterocycles. The van der Waals surface area contributed by atoms with Crippen molar-refractivity contribution in [3.63, 3.8) is 0 Å². The van der Waals surface area contributed by atoms with Crippen LogP contribution in [0.4, 0.5) is 5.69 Å². The molecule has 26 heavy (non-hydrogen) atoms. The molecule has 0 bridgehead atoms. The van der Waals surface area contributed by atoms with E-state index < -0.39 is 0 Å². The first-order valence-electron chi connectivity index (χ1n) is 8.53. The molecular weight excluding hydrogens is 344 g/mol. The molecule has 1 heterocycles. The van der Waals surface area contributed by atoms with Crippen molar-refractivity contribution in [2.45, 2.75) is 25.2 Å². The lowest BCUT2D eigenvalue weighted by Gasteiger charge is -2.03. The van der Waals surface area contributed by atoms with Crippen LogP contribution in [-0.2, 0) is 0 Å². The minimum absolute atomic E-state index is 0.762. The van der Waals surface area contributed by atoms with Gasteiger partial charge in [0.1, 0.15) is 5.69 Å². The first kappa shape index (κ1) is 19.7. The highest BCUT2D eigenvalue weighted by Crippen LogP contribution is 2.26. The molecule has 0 atom stereocenters. The van der Waals surface area contributed by atoms with Crippen LogP contribution >= 0.6 is 12.6 Å². The first-order chi connectivity index (χ1) is 12.7. The molecule has 0 aliphatic heterocycles. The second kappa shape index (κ2) is 9.72. The molecule has 3 rings (SSSR count). The van der Waals surface area contributed by atoms with Gasteiger partial charge < -0.3 is 0 Å². The third kappa shape index (κ3) is 4.92. The van der Waals surface area contributed by atoms with Gasteiger partial charge in [-0.3, -0.25) is 10.1 Å². The van der Waals surface area contributed by atoms with E-state index in [1.807, 2.05) is 61.9 Å². The van der Waals surface area contributed by atoms with E-state index in [1.165, 1.54) is 0 Å². The van der Waals surface area contributed by atoms with Crippen molar-refractivity contribution in [1.29, 1.82) is 0 Å². The van der Waals surface area contributed by atoms with E-state index in [1.54, 1.807) is 19.6 Å². The lowest BCUT2D eigenvalue weighted by Crippen LogP contribution is -2.14. The quantitative estimate of drug-likeness (QED) is 0.254. The van der Waals surface area contributed by atoms with Gasteiger partial charge in [-0.25, -0.2) is 4.58 Å². The number of thiol groups is 1. The number of allylic oxidation sites excluding steroid dienone is 4. The summed E-state index contributed by atoms with van der Waals surface area (Å²) in [4.78, 5) is 5.03. The zero-order valence-corrected chi connectivity index (χ0v) is 16.5. The molecule has 1 aromatic heterocycles. The van der Waals surface area contributed by atoms with E-state index in [0.717, 1.165) is 39.3 Å². The van der Waals surface area contributed by atoms with E-state index in [-0.39, 0.29) is 0 Å². The Labute approximate surface area is 159 Å². The van der Waals surface area contributed by atoms with E-state index >= 15 is 0 Å². The molecule has 0 fully saturated rings. The van der Waals surface area contributed by atoms with Crippen LogP contribution < -0.4 is 5.43 Å². The lowest BCUT2D eigenvalue weighted by molar-refractivity contribution is -0.404. The molecule has 6 nitrogen and oxygen atoms in total. The summed E-state index contributed by atoms with van der Waals surface area (Å²) in [6, 6.07) is 3.99. The molecule has 0 spiro atoms. The number of H-pyrrole nitrogens is 1. The summed E-state index contributed by atoms with van der Waals surface area (Å²) in [6.07, 6.45) is 12.3. The molecule has 2 N–H and O–H groups in total. The fourth-order valence-electron chi connectivity index (χ4n) is 2.36. The molecule has 0 unspecified atom stereocenters. The number of hydrogen-bond acceptors (Lipinski definition) is 4. The maximum Gasteiger partial charge on any atom is 0.262 e. The Morgan fingerprint density at radius 1 is 1.27 bits per heavy atom. The molecule has 1 aliphatic rings. The average molecular weight is 370 g/mol. The van der Waals surface area contributed by atoms with E-state index in [2.05, 4.69) is 38.3 Å². The van der Waals surface area contributed by atoms with Gasteiger partial charge in [-0.15, -0.1) is 12.6 Å². The van der Waals surface area contributed by atoms with Crippen molar-refractivity contribution in [1.82, 2.24) is 15.6 Å². The Bertz CT molecular complexity index is 902. The Kier molecular flexibility index (Phi) is 7.35. The van der Waals surface area contributed by atoms with Crippen LogP contribution in [0.25, 0.3) is 10.9 Å². The second-order valence-corrected chi connectivity index (χ2v) is 5.84. The minimum Gasteiger partial charge on any atom is -0.289 e. The summed E-state index contributed by atoms with van der Waals surface area (Å²) in [7, 11) is 3.72. The number of rotatable bonds is 3. The van der Waals surface area contributed by atoms with Gasteiger partial charge in [0.15, 0.2) is 0 Å². The number of hydrazone groups is 1. The van der Waals surface area contributed by atoms with Crippen LogP contribution in [0.2, 0.25) is 0 Å². The van der Waals surface area contributed by atoms with Crippen molar-refractivity contribution in [3.8, 4) is 0 Å². The molecule has 0 radical (unpaired) electrons. The van der Waals surface area contributed by atoms with Gasteiger partial charge in [-0.2, -0.15) is 10.5 Å².